The van der Waals surface area contributed by atoms with Crippen LogP contribution in [0.5, 0.6) is 5.75 Å². The molecule has 2 aromatic rings. The number of Topliss-reactive ketones (excluding diaryl/α,β-unsaturated/α-hetero) is 1. The number of benzene rings is 2. The molecular formula is C19H19FN2O5. The summed E-state index contributed by atoms with van der Waals surface area (Å²) in [4.78, 5) is 34.4. The third kappa shape index (κ3) is 5.34. The molecule has 0 fully saturated rings. The van der Waals surface area contributed by atoms with E-state index in [4.69, 9.17) is 4.74 Å². The topological polar surface area (TPSA) is 98.5 Å². The molecule has 1 N–H and O–H groups in total. The lowest BCUT2D eigenvalue weighted by molar-refractivity contribution is -0.386. The number of nitrogens with one attached hydrogen (secondary N) is 1. The van der Waals surface area contributed by atoms with Gasteiger partial charge in [-0.1, -0.05) is 6.92 Å². The Balaban J connectivity index is 2.10. The van der Waals surface area contributed by atoms with Crippen LogP contribution in [0.1, 0.15) is 37.0 Å². The molecule has 0 unspecified atom stereocenters. The normalized spacial score (nSPS) is 11.5. The maximum Gasteiger partial charge on any atom is 0.311 e. The summed E-state index contributed by atoms with van der Waals surface area (Å²) in [6.45, 7) is 3.32. The van der Waals surface area contributed by atoms with Gasteiger partial charge in [-0.2, -0.15) is 0 Å². The van der Waals surface area contributed by atoms with Crippen molar-refractivity contribution in [3.05, 3.63) is 64.0 Å². The van der Waals surface area contributed by atoms with Crippen LogP contribution in [0.25, 0.3) is 0 Å². The van der Waals surface area contributed by atoms with Crippen molar-refractivity contribution < 1.29 is 23.6 Å². The van der Waals surface area contributed by atoms with Gasteiger partial charge in [0.2, 0.25) is 17.4 Å². The summed E-state index contributed by atoms with van der Waals surface area (Å²) < 4.78 is 18.7. The number of nitro benzene ring substituents is 1. The lowest BCUT2D eigenvalue weighted by Crippen LogP contribution is -2.24. The number of rotatable bonds is 8. The summed E-state index contributed by atoms with van der Waals surface area (Å²) in [7, 11) is 0. The average Bonchev–Trinajstić information content (AvgIpc) is 2.61. The quantitative estimate of drug-likeness (QED) is 0.426. The number of ether oxygens (including phenoxy) is 1. The van der Waals surface area contributed by atoms with Crippen LogP contribution in [0.4, 0.5) is 15.8 Å². The van der Waals surface area contributed by atoms with Crippen LogP contribution in [-0.4, -0.2) is 22.7 Å². The Labute approximate surface area is 155 Å². The third-order valence-corrected chi connectivity index (χ3v) is 3.72. The maximum atomic E-state index is 13.4. The number of nitrogens with zero attached hydrogens (tertiary/aromatic N) is 1. The zero-order chi connectivity index (χ0) is 20.0. The van der Waals surface area contributed by atoms with Crippen molar-refractivity contribution in [3.8, 4) is 5.75 Å². The van der Waals surface area contributed by atoms with Crippen LogP contribution in [0.2, 0.25) is 0 Å². The molecule has 0 aliphatic carbocycles. The van der Waals surface area contributed by atoms with Crippen molar-refractivity contribution in [1.82, 2.24) is 0 Å². The van der Waals surface area contributed by atoms with Crippen molar-refractivity contribution in [2.24, 2.45) is 0 Å². The number of anilines is 1. The second kappa shape index (κ2) is 8.88. The minimum atomic E-state index is -1.06. The minimum absolute atomic E-state index is 0.119. The van der Waals surface area contributed by atoms with Crippen molar-refractivity contribution in [2.45, 2.75) is 32.8 Å². The van der Waals surface area contributed by atoms with E-state index in [-0.39, 0.29) is 11.7 Å². The maximum absolute atomic E-state index is 13.4. The Morgan fingerprint density at radius 1 is 1.22 bits per heavy atom. The van der Waals surface area contributed by atoms with E-state index >= 15 is 0 Å². The number of carbonyl (C=O) groups is 2. The van der Waals surface area contributed by atoms with Gasteiger partial charge in [-0.15, -0.1) is 0 Å². The summed E-state index contributed by atoms with van der Waals surface area (Å²) in [6.07, 6.45) is 0.0626. The molecule has 0 heterocycles. The van der Waals surface area contributed by atoms with Gasteiger partial charge in [0.15, 0.2) is 6.10 Å². The summed E-state index contributed by atoms with van der Waals surface area (Å²) >= 11 is 0. The number of hydrogen-bond acceptors (Lipinski definition) is 5. The van der Waals surface area contributed by atoms with Gasteiger partial charge >= 0.3 is 5.69 Å². The van der Waals surface area contributed by atoms with Crippen LogP contribution in [0, 0.1) is 15.9 Å². The number of hydrogen-bond donors (Lipinski definition) is 1. The fraction of sp³-hybridized carbons (Fsp3) is 0.263. The van der Waals surface area contributed by atoms with Crippen molar-refractivity contribution >= 4 is 23.1 Å². The lowest BCUT2D eigenvalue weighted by atomic mass is 10.1. The highest BCUT2D eigenvalue weighted by Gasteiger charge is 2.22. The van der Waals surface area contributed by atoms with E-state index in [0.717, 1.165) is 24.6 Å². The van der Waals surface area contributed by atoms with Crippen LogP contribution < -0.4 is 10.1 Å². The smallest absolute Gasteiger partial charge is 0.311 e. The molecule has 8 heteroatoms. The number of halogens is 1. The predicted octanol–water partition coefficient (Wildman–Crippen LogP) is 4.12. The standard InChI is InChI=1S/C19H19FN2O5/c1-3-4-18(23)21-15-8-5-13(6-9-15)19(24)12(2)27-17-11-14(20)7-10-16(17)22(25)26/h5-12H,3-4H2,1-2H3,(H,21,23)/t12-/m0/s1. The first-order valence-corrected chi connectivity index (χ1v) is 8.36. The van der Waals surface area contributed by atoms with Gasteiger partial charge in [0.25, 0.3) is 0 Å². The first-order chi connectivity index (χ1) is 12.8. The highest BCUT2D eigenvalue weighted by Crippen LogP contribution is 2.29. The van der Waals surface area contributed by atoms with Crippen LogP contribution >= 0.6 is 0 Å². The van der Waals surface area contributed by atoms with E-state index in [0.29, 0.717) is 17.7 Å². The molecule has 0 saturated carbocycles. The minimum Gasteiger partial charge on any atom is -0.475 e. The Kier molecular flexibility index (Phi) is 6.59. The Bertz CT molecular complexity index is 852. The summed E-state index contributed by atoms with van der Waals surface area (Å²) in [5.41, 5.74) is 0.430. The second-order valence-electron chi connectivity index (χ2n) is 5.87. The molecule has 27 heavy (non-hydrogen) atoms. The van der Waals surface area contributed by atoms with E-state index < -0.39 is 28.3 Å². The monoisotopic (exact) mass is 374 g/mol. The fourth-order valence-electron chi connectivity index (χ4n) is 2.38. The highest BCUT2D eigenvalue weighted by atomic mass is 19.1. The Hall–Kier alpha value is -3.29. The zero-order valence-electron chi connectivity index (χ0n) is 14.9. The largest absolute Gasteiger partial charge is 0.475 e. The molecule has 0 aromatic heterocycles. The molecule has 2 aromatic carbocycles. The molecule has 0 spiro atoms. The second-order valence-corrected chi connectivity index (χ2v) is 5.87. The highest BCUT2D eigenvalue weighted by molar-refractivity contribution is 6.00. The zero-order valence-corrected chi connectivity index (χ0v) is 14.9. The first kappa shape index (κ1) is 20.0. The molecule has 2 rings (SSSR count). The van der Waals surface area contributed by atoms with Crippen molar-refractivity contribution in [3.63, 3.8) is 0 Å². The summed E-state index contributed by atoms with van der Waals surface area (Å²) in [6, 6.07) is 9.00. The fourth-order valence-corrected chi connectivity index (χ4v) is 2.38. The lowest BCUT2D eigenvalue weighted by Gasteiger charge is -2.14. The van der Waals surface area contributed by atoms with Gasteiger partial charge in [0.1, 0.15) is 5.82 Å². The molecule has 0 aliphatic heterocycles. The molecule has 0 radical (unpaired) electrons. The summed E-state index contributed by atoms with van der Waals surface area (Å²) in [5.74, 6) is -1.57. The van der Waals surface area contributed by atoms with Gasteiger partial charge in [0.05, 0.1) is 4.92 Å². The van der Waals surface area contributed by atoms with Gasteiger partial charge < -0.3 is 10.1 Å². The number of amides is 1. The molecule has 0 aliphatic rings. The molecule has 1 amide bonds. The number of nitro groups is 1. The summed E-state index contributed by atoms with van der Waals surface area (Å²) in [5, 5.41) is 13.7. The predicted molar refractivity (Wildman–Crippen MR) is 97.5 cm³/mol. The Morgan fingerprint density at radius 2 is 1.89 bits per heavy atom. The first-order valence-electron chi connectivity index (χ1n) is 8.36. The van der Waals surface area contributed by atoms with E-state index in [1.807, 2.05) is 6.92 Å². The van der Waals surface area contributed by atoms with Gasteiger partial charge in [-0.25, -0.2) is 4.39 Å². The molecule has 142 valence electrons. The van der Waals surface area contributed by atoms with Crippen molar-refractivity contribution in [1.29, 1.82) is 0 Å². The number of ketones is 1. The third-order valence-electron chi connectivity index (χ3n) is 3.72. The average molecular weight is 374 g/mol. The van der Waals surface area contributed by atoms with E-state index in [1.54, 1.807) is 12.1 Å². The van der Waals surface area contributed by atoms with E-state index in [1.165, 1.54) is 19.1 Å². The molecule has 7 nitrogen and oxygen atoms in total. The van der Waals surface area contributed by atoms with Crippen LogP contribution in [0.3, 0.4) is 0 Å². The molecule has 0 saturated heterocycles. The molecule has 0 bridgehead atoms. The van der Waals surface area contributed by atoms with Crippen LogP contribution in [-0.2, 0) is 4.79 Å². The van der Waals surface area contributed by atoms with Crippen molar-refractivity contribution in [2.75, 3.05) is 5.32 Å². The van der Waals surface area contributed by atoms with E-state index in [2.05, 4.69) is 5.32 Å². The van der Waals surface area contributed by atoms with Gasteiger partial charge in [0, 0.05) is 29.8 Å². The van der Waals surface area contributed by atoms with E-state index in [9.17, 15) is 24.1 Å². The molecular weight excluding hydrogens is 355 g/mol. The Morgan fingerprint density at radius 3 is 2.48 bits per heavy atom. The van der Waals surface area contributed by atoms with Gasteiger partial charge in [-0.05, 0) is 43.7 Å². The van der Waals surface area contributed by atoms with Crippen LogP contribution in [0.15, 0.2) is 42.5 Å². The SMILES string of the molecule is CCCC(=O)Nc1ccc(C(=O)[C@H](C)Oc2cc(F)ccc2[N+](=O)[O-])cc1. The molecule has 1 atom stereocenters. The van der Waals surface area contributed by atoms with Gasteiger partial charge in [-0.3, -0.25) is 19.7 Å². The number of carbonyl (C=O) groups excluding carboxylic acids is 2.